The summed E-state index contributed by atoms with van der Waals surface area (Å²) in [5.74, 6) is 0.0217. The Labute approximate surface area is 119 Å². The Morgan fingerprint density at radius 2 is 2.05 bits per heavy atom. The number of aliphatic hydroxyl groups excluding tert-OH is 1. The second-order valence-corrected chi connectivity index (χ2v) is 4.89. The molecule has 0 aromatic heterocycles. The number of carbonyl (C=O) groups excluding carboxylic acids is 1. The third-order valence-electron chi connectivity index (χ3n) is 3.53. The van der Waals surface area contributed by atoms with Crippen LogP contribution in [0.2, 0.25) is 0 Å². The molecule has 1 amide bonds. The van der Waals surface area contributed by atoms with Crippen molar-refractivity contribution in [2.45, 2.75) is 6.42 Å². The van der Waals surface area contributed by atoms with Crippen LogP contribution in [0.25, 0.3) is 0 Å². The Morgan fingerprint density at radius 3 is 2.70 bits per heavy atom. The van der Waals surface area contributed by atoms with Gasteiger partial charge in [0.15, 0.2) is 0 Å². The van der Waals surface area contributed by atoms with Gasteiger partial charge in [-0.15, -0.1) is 0 Å². The van der Waals surface area contributed by atoms with E-state index in [1.807, 2.05) is 17.0 Å². The molecule has 1 aromatic rings. The van der Waals surface area contributed by atoms with Crippen molar-refractivity contribution in [2.75, 3.05) is 39.3 Å². The average molecular weight is 273 g/mol. The first kappa shape index (κ1) is 14.5. The monoisotopic (exact) mass is 273 g/mol. The van der Waals surface area contributed by atoms with Crippen molar-refractivity contribution in [1.82, 2.24) is 9.80 Å². The molecule has 1 aliphatic heterocycles. The molecule has 5 heteroatoms. The molecule has 1 heterocycles. The van der Waals surface area contributed by atoms with Gasteiger partial charge in [0.25, 0.3) is 5.91 Å². The van der Waals surface area contributed by atoms with Crippen molar-refractivity contribution in [1.29, 1.82) is 5.26 Å². The van der Waals surface area contributed by atoms with Gasteiger partial charge in [0.05, 0.1) is 19.1 Å². The quantitative estimate of drug-likeness (QED) is 0.867. The van der Waals surface area contributed by atoms with Crippen molar-refractivity contribution in [3.8, 4) is 6.07 Å². The topological polar surface area (TPSA) is 67.6 Å². The molecule has 5 nitrogen and oxygen atoms in total. The maximum absolute atomic E-state index is 12.4. The predicted octanol–water partition coefficient (Wildman–Crippen LogP) is 0.503. The lowest BCUT2D eigenvalue weighted by atomic mass is 10.1. The van der Waals surface area contributed by atoms with Crippen molar-refractivity contribution in [3.05, 3.63) is 35.4 Å². The number of piperazine rings is 1. The summed E-state index contributed by atoms with van der Waals surface area (Å²) in [5, 5.41) is 17.6. The highest BCUT2D eigenvalue weighted by atomic mass is 16.3. The van der Waals surface area contributed by atoms with E-state index in [9.17, 15) is 4.79 Å². The number of carbonyl (C=O) groups is 1. The highest BCUT2D eigenvalue weighted by Crippen LogP contribution is 2.11. The van der Waals surface area contributed by atoms with Crippen molar-refractivity contribution in [2.24, 2.45) is 0 Å². The van der Waals surface area contributed by atoms with Crippen LogP contribution in [-0.2, 0) is 6.42 Å². The number of hydrogen-bond donors (Lipinski definition) is 1. The van der Waals surface area contributed by atoms with Gasteiger partial charge in [0, 0.05) is 38.3 Å². The van der Waals surface area contributed by atoms with Gasteiger partial charge in [-0.05, 0) is 17.7 Å². The zero-order chi connectivity index (χ0) is 14.4. The fourth-order valence-corrected chi connectivity index (χ4v) is 2.40. The maximum Gasteiger partial charge on any atom is 0.253 e. The fraction of sp³-hybridized carbons (Fsp3) is 0.467. The fourth-order valence-electron chi connectivity index (χ4n) is 2.40. The smallest absolute Gasteiger partial charge is 0.253 e. The zero-order valence-corrected chi connectivity index (χ0v) is 11.5. The molecule has 0 saturated carbocycles. The number of nitrogens with zero attached hydrogens (tertiary/aromatic N) is 3. The van der Waals surface area contributed by atoms with Crippen LogP contribution in [0.15, 0.2) is 24.3 Å². The van der Waals surface area contributed by atoms with Crippen molar-refractivity contribution < 1.29 is 9.90 Å². The molecule has 1 aliphatic rings. The molecule has 0 radical (unpaired) electrons. The molecule has 1 saturated heterocycles. The number of β-amino-alcohol motifs (C(OH)–C–C–N with tert-alkyl or cyclic N) is 1. The van der Waals surface area contributed by atoms with Gasteiger partial charge in [-0.25, -0.2) is 0 Å². The van der Waals surface area contributed by atoms with Crippen LogP contribution in [-0.4, -0.2) is 60.1 Å². The van der Waals surface area contributed by atoms with E-state index in [0.29, 0.717) is 31.6 Å². The first-order chi connectivity index (χ1) is 9.74. The first-order valence-electron chi connectivity index (χ1n) is 6.83. The number of amides is 1. The average Bonchev–Trinajstić information content (AvgIpc) is 2.48. The molecule has 20 heavy (non-hydrogen) atoms. The van der Waals surface area contributed by atoms with Gasteiger partial charge in [-0.2, -0.15) is 5.26 Å². The van der Waals surface area contributed by atoms with E-state index < -0.39 is 0 Å². The number of aliphatic hydroxyl groups is 1. The predicted molar refractivity (Wildman–Crippen MR) is 75.2 cm³/mol. The molecule has 106 valence electrons. The Balaban J connectivity index is 1.98. The minimum Gasteiger partial charge on any atom is -0.395 e. The Kier molecular flexibility index (Phi) is 5.10. The molecular formula is C15H19N3O2. The first-order valence-corrected chi connectivity index (χ1v) is 6.83. The summed E-state index contributed by atoms with van der Waals surface area (Å²) < 4.78 is 0. The summed E-state index contributed by atoms with van der Waals surface area (Å²) in [6.45, 7) is 3.78. The zero-order valence-electron chi connectivity index (χ0n) is 11.5. The number of rotatable bonds is 4. The number of nitriles is 1. The van der Waals surface area contributed by atoms with E-state index in [-0.39, 0.29) is 12.5 Å². The second kappa shape index (κ2) is 7.04. The van der Waals surface area contributed by atoms with Crippen LogP contribution in [0.1, 0.15) is 15.9 Å². The third-order valence-corrected chi connectivity index (χ3v) is 3.53. The van der Waals surface area contributed by atoms with Gasteiger partial charge < -0.3 is 10.0 Å². The summed E-state index contributed by atoms with van der Waals surface area (Å²) in [4.78, 5) is 16.4. The van der Waals surface area contributed by atoms with Crippen molar-refractivity contribution >= 4 is 5.91 Å². The summed E-state index contributed by atoms with van der Waals surface area (Å²) in [6.07, 6.45) is 0.325. The van der Waals surface area contributed by atoms with Gasteiger partial charge >= 0.3 is 0 Å². The minimum absolute atomic E-state index is 0.0217. The highest BCUT2D eigenvalue weighted by Gasteiger charge is 2.21. The molecule has 2 rings (SSSR count). The van der Waals surface area contributed by atoms with E-state index >= 15 is 0 Å². The molecule has 0 spiro atoms. The lowest BCUT2D eigenvalue weighted by molar-refractivity contribution is 0.0615. The highest BCUT2D eigenvalue weighted by molar-refractivity contribution is 5.94. The molecule has 1 aromatic carbocycles. The van der Waals surface area contributed by atoms with Crippen LogP contribution in [0.3, 0.4) is 0 Å². The van der Waals surface area contributed by atoms with Gasteiger partial charge in [-0.3, -0.25) is 9.69 Å². The molecule has 0 bridgehead atoms. The summed E-state index contributed by atoms with van der Waals surface area (Å²) in [7, 11) is 0. The van der Waals surface area contributed by atoms with Crippen LogP contribution < -0.4 is 0 Å². The number of benzene rings is 1. The van der Waals surface area contributed by atoms with Gasteiger partial charge in [0.1, 0.15) is 0 Å². The summed E-state index contributed by atoms with van der Waals surface area (Å²) in [6, 6.07) is 9.37. The standard InChI is InChI=1S/C15H19N3O2/c16-5-4-13-2-1-3-14(12-13)15(20)18-8-6-17(7-9-18)10-11-19/h1-3,12,19H,4,6-11H2. The minimum atomic E-state index is 0.0217. The van der Waals surface area contributed by atoms with E-state index in [4.69, 9.17) is 10.4 Å². The van der Waals surface area contributed by atoms with E-state index in [0.717, 1.165) is 18.7 Å². The second-order valence-electron chi connectivity index (χ2n) is 4.89. The Bertz CT molecular complexity index is 502. The third kappa shape index (κ3) is 3.56. The van der Waals surface area contributed by atoms with Crippen LogP contribution >= 0.6 is 0 Å². The van der Waals surface area contributed by atoms with Crippen LogP contribution in [0, 0.1) is 11.3 Å². The lowest BCUT2D eigenvalue weighted by Gasteiger charge is -2.34. The van der Waals surface area contributed by atoms with Gasteiger partial charge in [-0.1, -0.05) is 12.1 Å². The molecular weight excluding hydrogens is 254 g/mol. The van der Waals surface area contributed by atoms with Crippen LogP contribution in [0.4, 0.5) is 0 Å². The molecule has 0 unspecified atom stereocenters. The molecule has 0 atom stereocenters. The maximum atomic E-state index is 12.4. The summed E-state index contributed by atoms with van der Waals surface area (Å²) >= 11 is 0. The van der Waals surface area contributed by atoms with E-state index in [2.05, 4.69) is 11.0 Å². The van der Waals surface area contributed by atoms with Gasteiger partial charge in [0.2, 0.25) is 0 Å². The largest absolute Gasteiger partial charge is 0.395 e. The molecule has 0 aliphatic carbocycles. The van der Waals surface area contributed by atoms with E-state index in [1.165, 1.54) is 0 Å². The molecule has 1 fully saturated rings. The normalized spacial score (nSPS) is 15.9. The number of hydrogen-bond acceptors (Lipinski definition) is 4. The summed E-state index contributed by atoms with van der Waals surface area (Å²) in [5.41, 5.74) is 1.52. The molecule has 1 N–H and O–H groups in total. The van der Waals surface area contributed by atoms with Crippen molar-refractivity contribution in [3.63, 3.8) is 0 Å². The van der Waals surface area contributed by atoms with Crippen LogP contribution in [0.5, 0.6) is 0 Å². The Morgan fingerprint density at radius 1 is 1.30 bits per heavy atom. The Hall–Kier alpha value is -1.90. The lowest BCUT2D eigenvalue weighted by Crippen LogP contribution is -2.49. The SMILES string of the molecule is N#CCc1cccc(C(=O)N2CCN(CCO)CC2)c1. The van der Waals surface area contributed by atoms with E-state index in [1.54, 1.807) is 12.1 Å².